The Morgan fingerprint density at radius 3 is 2.50 bits per heavy atom. The maximum atomic E-state index is 11.8. The van der Waals surface area contributed by atoms with Crippen molar-refractivity contribution >= 4 is 11.8 Å². The third-order valence-electron chi connectivity index (χ3n) is 4.62. The number of amides is 2. The van der Waals surface area contributed by atoms with Crippen molar-refractivity contribution in [2.75, 3.05) is 13.2 Å². The minimum atomic E-state index is -0.0259. The van der Waals surface area contributed by atoms with Gasteiger partial charge in [0.05, 0.1) is 0 Å². The van der Waals surface area contributed by atoms with E-state index in [1.54, 1.807) is 0 Å². The van der Waals surface area contributed by atoms with Crippen LogP contribution in [0.5, 0.6) is 0 Å². The molecule has 2 saturated carbocycles. The Kier molecular flexibility index (Phi) is 5.83. The standard InChI is InChI=1S/C15H26N2O3/c18-10-12-6-3-7-13(12)17-14(19)8-9-16-15(20)11-4-1-2-5-11/h11-13,18H,1-10H2,(H,16,20)(H,17,19). The second-order valence-corrected chi connectivity index (χ2v) is 6.07. The molecule has 5 heteroatoms. The fraction of sp³-hybridized carbons (Fsp3) is 0.867. The summed E-state index contributed by atoms with van der Waals surface area (Å²) in [6, 6.07) is 0.109. The van der Waals surface area contributed by atoms with Gasteiger partial charge in [0.25, 0.3) is 0 Å². The van der Waals surface area contributed by atoms with Crippen LogP contribution in [0, 0.1) is 11.8 Å². The SMILES string of the molecule is O=C(CCNC(=O)C1CCCC1)NC1CCCC1CO. The van der Waals surface area contributed by atoms with Crippen LogP contribution in [0.15, 0.2) is 0 Å². The summed E-state index contributed by atoms with van der Waals surface area (Å²) in [4.78, 5) is 23.6. The Morgan fingerprint density at radius 1 is 1.05 bits per heavy atom. The van der Waals surface area contributed by atoms with E-state index in [1.807, 2.05) is 0 Å². The zero-order chi connectivity index (χ0) is 14.4. The van der Waals surface area contributed by atoms with E-state index in [9.17, 15) is 14.7 Å². The Bertz CT molecular complexity index is 340. The van der Waals surface area contributed by atoms with Crippen LogP contribution in [-0.4, -0.2) is 36.1 Å². The molecule has 114 valence electrons. The lowest BCUT2D eigenvalue weighted by atomic mass is 10.1. The van der Waals surface area contributed by atoms with Gasteiger partial charge < -0.3 is 15.7 Å². The van der Waals surface area contributed by atoms with Crippen LogP contribution in [0.2, 0.25) is 0 Å². The molecule has 0 radical (unpaired) electrons. The predicted molar refractivity (Wildman–Crippen MR) is 75.9 cm³/mol. The van der Waals surface area contributed by atoms with E-state index in [0.717, 1.165) is 44.9 Å². The zero-order valence-electron chi connectivity index (χ0n) is 12.1. The van der Waals surface area contributed by atoms with E-state index in [2.05, 4.69) is 10.6 Å². The summed E-state index contributed by atoms with van der Waals surface area (Å²) < 4.78 is 0. The maximum absolute atomic E-state index is 11.8. The second kappa shape index (κ2) is 7.62. The van der Waals surface area contributed by atoms with Gasteiger partial charge in [-0.15, -0.1) is 0 Å². The summed E-state index contributed by atoms with van der Waals surface area (Å²) in [5.74, 6) is 0.435. The summed E-state index contributed by atoms with van der Waals surface area (Å²) in [6.45, 7) is 0.557. The van der Waals surface area contributed by atoms with Crippen LogP contribution in [0.3, 0.4) is 0 Å². The lowest BCUT2D eigenvalue weighted by Crippen LogP contribution is -2.40. The Morgan fingerprint density at radius 2 is 1.80 bits per heavy atom. The number of carbonyl (C=O) groups is 2. The van der Waals surface area contributed by atoms with Crippen molar-refractivity contribution in [3.05, 3.63) is 0 Å². The van der Waals surface area contributed by atoms with E-state index in [-0.39, 0.29) is 36.3 Å². The molecule has 0 saturated heterocycles. The summed E-state index contributed by atoms with van der Waals surface area (Å²) in [5.41, 5.74) is 0. The first-order valence-electron chi connectivity index (χ1n) is 7.88. The molecule has 20 heavy (non-hydrogen) atoms. The number of hydrogen-bond donors (Lipinski definition) is 3. The number of carbonyl (C=O) groups excluding carboxylic acids is 2. The Labute approximate surface area is 120 Å². The highest BCUT2D eigenvalue weighted by atomic mass is 16.3. The minimum absolute atomic E-state index is 0.0259. The number of rotatable bonds is 6. The summed E-state index contributed by atoms with van der Waals surface area (Å²) in [5, 5.41) is 15.0. The van der Waals surface area contributed by atoms with Crippen LogP contribution in [0.25, 0.3) is 0 Å². The lowest BCUT2D eigenvalue weighted by Gasteiger charge is -2.19. The minimum Gasteiger partial charge on any atom is -0.396 e. The molecule has 3 N–H and O–H groups in total. The van der Waals surface area contributed by atoms with Crippen LogP contribution in [0.1, 0.15) is 51.4 Å². The van der Waals surface area contributed by atoms with Crippen molar-refractivity contribution in [3.63, 3.8) is 0 Å². The van der Waals surface area contributed by atoms with Crippen molar-refractivity contribution in [2.45, 2.75) is 57.4 Å². The Hall–Kier alpha value is -1.10. The highest BCUT2D eigenvalue weighted by Crippen LogP contribution is 2.25. The molecule has 5 nitrogen and oxygen atoms in total. The van der Waals surface area contributed by atoms with Crippen LogP contribution >= 0.6 is 0 Å². The molecule has 2 unspecified atom stereocenters. The molecule has 2 fully saturated rings. The smallest absolute Gasteiger partial charge is 0.223 e. The first-order valence-corrected chi connectivity index (χ1v) is 7.88. The van der Waals surface area contributed by atoms with Crippen LogP contribution in [0.4, 0.5) is 0 Å². The van der Waals surface area contributed by atoms with E-state index < -0.39 is 0 Å². The molecule has 2 rings (SSSR count). The van der Waals surface area contributed by atoms with E-state index in [4.69, 9.17) is 0 Å². The van der Waals surface area contributed by atoms with Crippen molar-refractivity contribution in [2.24, 2.45) is 11.8 Å². The quantitative estimate of drug-likeness (QED) is 0.679. The van der Waals surface area contributed by atoms with E-state index >= 15 is 0 Å². The largest absolute Gasteiger partial charge is 0.396 e. The molecule has 2 aliphatic rings. The number of hydrogen-bond acceptors (Lipinski definition) is 3. The zero-order valence-corrected chi connectivity index (χ0v) is 12.1. The normalized spacial score (nSPS) is 26.6. The molecule has 0 spiro atoms. The topological polar surface area (TPSA) is 78.4 Å². The summed E-state index contributed by atoms with van der Waals surface area (Å²) in [6.07, 6.45) is 7.58. The number of aliphatic hydroxyl groups is 1. The Balaban J connectivity index is 1.61. The van der Waals surface area contributed by atoms with Crippen molar-refractivity contribution in [1.82, 2.24) is 10.6 Å². The van der Waals surface area contributed by atoms with Gasteiger partial charge in [-0.3, -0.25) is 9.59 Å². The predicted octanol–water partition coefficient (Wildman–Crippen LogP) is 0.960. The average molecular weight is 282 g/mol. The van der Waals surface area contributed by atoms with Crippen molar-refractivity contribution < 1.29 is 14.7 Å². The van der Waals surface area contributed by atoms with Gasteiger partial charge in [-0.2, -0.15) is 0 Å². The molecule has 0 bridgehead atoms. The van der Waals surface area contributed by atoms with Gasteiger partial charge in [0, 0.05) is 37.5 Å². The monoisotopic (exact) mass is 282 g/mol. The molecule has 0 heterocycles. The summed E-state index contributed by atoms with van der Waals surface area (Å²) >= 11 is 0. The molecular formula is C15H26N2O3. The third kappa shape index (κ3) is 4.20. The van der Waals surface area contributed by atoms with Crippen LogP contribution < -0.4 is 10.6 Å². The van der Waals surface area contributed by atoms with Gasteiger partial charge in [0.2, 0.25) is 11.8 Å². The molecule has 2 aliphatic carbocycles. The van der Waals surface area contributed by atoms with Crippen molar-refractivity contribution in [1.29, 1.82) is 0 Å². The molecule has 2 atom stereocenters. The average Bonchev–Trinajstić information content (AvgIpc) is 3.09. The van der Waals surface area contributed by atoms with E-state index in [0.29, 0.717) is 13.0 Å². The van der Waals surface area contributed by atoms with E-state index in [1.165, 1.54) is 0 Å². The van der Waals surface area contributed by atoms with Crippen LogP contribution in [-0.2, 0) is 9.59 Å². The number of nitrogens with one attached hydrogen (secondary N) is 2. The molecule has 2 amide bonds. The summed E-state index contributed by atoms with van der Waals surface area (Å²) in [7, 11) is 0. The van der Waals surface area contributed by atoms with Gasteiger partial charge in [-0.1, -0.05) is 19.3 Å². The highest BCUT2D eigenvalue weighted by Gasteiger charge is 2.27. The fourth-order valence-electron chi connectivity index (χ4n) is 3.36. The van der Waals surface area contributed by atoms with Gasteiger partial charge in [0.1, 0.15) is 0 Å². The third-order valence-corrected chi connectivity index (χ3v) is 4.62. The second-order valence-electron chi connectivity index (χ2n) is 6.07. The molecule has 0 aromatic carbocycles. The van der Waals surface area contributed by atoms with Gasteiger partial charge >= 0.3 is 0 Å². The first kappa shape index (κ1) is 15.3. The molecular weight excluding hydrogens is 256 g/mol. The molecule has 0 aromatic heterocycles. The maximum Gasteiger partial charge on any atom is 0.223 e. The number of aliphatic hydroxyl groups excluding tert-OH is 1. The lowest BCUT2D eigenvalue weighted by molar-refractivity contribution is -0.125. The van der Waals surface area contributed by atoms with Crippen molar-refractivity contribution in [3.8, 4) is 0 Å². The molecule has 0 aliphatic heterocycles. The van der Waals surface area contributed by atoms with Gasteiger partial charge in [-0.25, -0.2) is 0 Å². The van der Waals surface area contributed by atoms with Gasteiger partial charge in [0.15, 0.2) is 0 Å². The fourth-order valence-corrected chi connectivity index (χ4v) is 3.36. The molecule has 0 aromatic rings. The highest BCUT2D eigenvalue weighted by molar-refractivity contribution is 5.80. The van der Waals surface area contributed by atoms with Gasteiger partial charge in [-0.05, 0) is 25.7 Å². The first-order chi connectivity index (χ1) is 9.70.